The number of rotatable bonds is 4. The fourth-order valence-electron chi connectivity index (χ4n) is 3.44. The number of hydrogen-bond acceptors (Lipinski definition) is 5. The molecule has 1 saturated heterocycles. The normalized spacial score (nSPS) is 30.6. The van der Waals surface area contributed by atoms with E-state index >= 15 is 0 Å². The fraction of sp³-hybridized carbons (Fsp3) is 0.562. The number of carboxylic acid groups (broad SMARTS) is 1. The minimum absolute atomic E-state index is 0.147. The number of ether oxygens (including phenoxy) is 2. The van der Waals surface area contributed by atoms with Gasteiger partial charge in [-0.15, -0.1) is 0 Å². The second-order valence-electron chi connectivity index (χ2n) is 6.04. The van der Waals surface area contributed by atoms with Gasteiger partial charge in [-0.25, -0.2) is 4.79 Å². The highest BCUT2D eigenvalue weighted by atomic mass is 16.5. The summed E-state index contributed by atoms with van der Waals surface area (Å²) in [4.78, 5) is 11.0. The average molecular weight is 307 g/mol. The van der Waals surface area contributed by atoms with Gasteiger partial charge in [0.15, 0.2) is 11.5 Å². The maximum absolute atomic E-state index is 11.0. The summed E-state index contributed by atoms with van der Waals surface area (Å²) in [5, 5.41) is 22.7. The summed E-state index contributed by atoms with van der Waals surface area (Å²) in [5.41, 5.74) is 0.147. The third kappa shape index (κ3) is 2.89. The number of carbonyl (C=O) groups is 1. The number of hydrogen-bond donors (Lipinski definition) is 3. The van der Waals surface area contributed by atoms with Crippen LogP contribution in [0.15, 0.2) is 18.2 Å². The van der Waals surface area contributed by atoms with E-state index in [0.717, 1.165) is 25.9 Å². The van der Waals surface area contributed by atoms with Crippen molar-refractivity contribution in [3.05, 3.63) is 23.8 Å². The van der Waals surface area contributed by atoms with E-state index in [1.165, 1.54) is 19.2 Å². The van der Waals surface area contributed by atoms with E-state index in [1.54, 1.807) is 6.07 Å². The number of aliphatic hydroxyl groups excluding tert-OH is 1. The minimum Gasteiger partial charge on any atom is -0.493 e. The average Bonchev–Trinajstić information content (AvgIpc) is 2.94. The summed E-state index contributed by atoms with van der Waals surface area (Å²) in [6.07, 6.45) is 0.733. The maximum Gasteiger partial charge on any atom is 0.335 e. The molecule has 0 aromatic heterocycles. The van der Waals surface area contributed by atoms with Crippen LogP contribution < -0.4 is 14.8 Å². The van der Waals surface area contributed by atoms with Gasteiger partial charge in [-0.1, -0.05) is 0 Å². The Morgan fingerprint density at radius 2 is 1.95 bits per heavy atom. The highest BCUT2D eigenvalue weighted by molar-refractivity contribution is 5.88. The molecule has 6 nitrogen and oxygen atoms in total. The summed E-state index contributed by atoms with van der Waals surface area (Å²) >= 11 is 0. The lowest BCUT2D eigenvalue weighted by Crippen LogP contribution is -2.42. The Morgan fingerprint density at radius 1 is 1.23 bits per heavy atom. The van der Waals surface area contributed by atoms with Crippen molar-refractivity contribution in [3.63, 3.8) is 0 Å². The monoisotopic (exact) mass is 307 g/mol. The summed E-state index contributed by atoms with van der Waals surface area (Å²) in [6, 6.07) is 4.51. The van der Waals surface area contributed by atoms with E-state index < -0.39 is 12.1 Å². The molecule has 0 bridgehead atoms. The number of benzene rings is 1. The first-order chi connectivity index (χ1) is 10.6. The summed E-state index contributed by atoms with van der Waals surface area (Å²) < 4.78 is 11.2. The number of aliphatic hydroxyl groups is 1. The van der Waals surface area contributed by atoms with Crippen molar-refractivity contribution in [3.8, 4) is 11.5 Å². The molecule has 0 amide bonds. The first-order valence-electron chi connectivity index (χ1n) is 7.55. The molecule has 0 spiro atoms. The molecule has 1 aliphatic heterocycles. The van der Waals surface area contributed by atoms with E-state index in [1.807, 2.05) is 0 Å². The third-order valence-electron chi connectivity index (χ3n) is 4.68. The largest absolute Gasteiger partial charge is 0.493 e. The van der Waals surface area contributed by atoms with Gasteiger partial charge < -0.3 is 25.0 Å². The molecule has 22 heavy (non-hydrogen) atoms. The molecule has 0 radical (unpaired) electrons. The van der Waals surface area contributed by atoms with Crippen LogP contribution in [-0.2, 0) is 0 Å². The second kappa shape index (κ2) is 6.14. The summed E-state index contributed by atoms with van der Waals surface area (Å²) in [6.45, 7) is 1.93. The second-order valence-corrected chi connectivity index (χ2v) is 6.04. The van der Waals surface area contributed by atoms with Crippen molar-refractivity contribution in [2.24, 2.45) is 11.8 Å². The smallest absolute Gasteiger partial charge is 0.335 e. The Hall–Kier alpha value is -1.79. The van der Waals surface area contributed by atoms with Crippen LogP contribution in [0.25, 0.3) is 0 Å². The zero-order valence-electron chi connectivity index (χ0n) is 12.5. The molecule has 1 aromatic carbocycles. The van der Waals surface area contributed by atoms with Gasteiger partial charge in [-0.2, -0.15) is 0 Å². The topological polar surface area (TPSA) is 88.0 Å². The van der Waals surface area contributed by atoms with E-state index in [0.29, 0.717) is 23.3 Å². The summed E-state index contributed by atoms with van der Waals surface area (Å²) in [7, 11) is 1.47. The first-order valence-corrected chi connectivity index (χ1v) is 7.55. The molecule has 2 aliphatic rings. The van der Waals surface area contributed by atoms with Crippen LogP contribution in [0, 0.1) is 11.8 Å². The van der Waals surface area contributed by atoms with Gasteiger partial charge in [0.25, 0.3) is 0 Å². The number of carboxylic acids is 1. The van der Waals surface area contributed by atoms with Crippen molar-refractivity contribution in [1.82, 2.24) is 5.32 Å². The number of nitrogens with one attached hydrogen (secondary N) is 1. The number of aromatic carboxylic acids is 1. The number of fused-ring (bicyclic) bond motifs is 1. The van der Waals surface area contributed by atoms with Gasteiger partial charge in [0.05, 0.1) is 18.8 Å². The molecular weight excluding hydrogens is 286 g/mol. The van der Waals surface area contributed by atoms with E-state index in [9.17, 15) is 9.90 Å². The highest BCUT2D eigenvalue weighted by Crippen LogP contribution is 2.37. The molecule has 6 heteroatoms. The predicted molar refractivity (Wildman–Crippen MR) is 79.5 cm³/mol. The predicted octanol–water partition coefficient (Wildman–Crippen LogP) is 1.13. The number of methoxy groups -OCH3 is 1. The Kier molecular flexibility index (Phi) is 4.22. The van der Waals surface area contributed by atoms with Crippen molar-refractivity contribution in [2.45, 2.75) is 25.0 Å². The fourth-order valence-corrected chi connectivity index (χ4v) is 3.44. The molecule has 0 unspecified atom stereocenters. The molecule has 1 aliphatic carbocycles. The third-order valence-corrected chi connectivity index (χ3v) is 4.68. The Balaban J connectivity index is 1.76. The van der Waals surface area contributed by atoms with Crippen LogP contribution in [0.4, 0.5) is 0 Å². The van der Waals surface area contributed by atoms with Crippen LogP contribution >= 0.6 is 0 Å². The SMILES string of the molecule is COc1cc(C(=O)O)ccc1O[C@@H]1C[C@@H]2CNC[C@@H]2C[C@H]1O. The zero-order chi connectivity index (χ0) is 15.7. The van der Waals surface area contributed by atoms with E-state index in [-0.39, 0.29) is 11.7 Å². The zero-order valence-corrected chi connectivity index (χ0v) is 12.5. The standard InChI is InChI=1S/C16H21NO5/c1-21-15-5-9(16(19)20)2-3-13(15)22-14-6-11-8-17-7-10(11)4-12(14)18/h2-3,5,10-12,14,17-18H,4,6-8H2,1H3,(H,19,20)/t10-,11+,12+,14+/m0/s1. The molecule has 3 N–H and O–H groups in total. The van der Waals surface area contributed by atoms with Crippen LogP contribution in [0.1, 0.15) is 23.2 Å². The molecule has 120 valence electrons. The molecule has 1 aromatic rings. The molecule has 1 saturated carbocycles. The maximum atomic E-state index is 11.0. The highest BCUT2D eigenvalue weighted by Gasteiger charge is 2.40. The van der Waals surface area contributed by atoms with Crippen LogP contribution in [0.2, 0.25) is 0 Å². The molecule has 3 rings (SSSR count). The summed E-state index contributed by atoms with van der Waals surface area (Å²) in [5.74, 6) is 0.881. The molecule has 4 atom stereocenters. The molecule has 2 fully saturated rings. The van der Waals surface area contributed by atoms with Gasteiger partial charge in [0.2, 0.25) is 0 Å². The first kappa shape index (κ1) is 15.1. The lowest BCUT2D eigenvalue weighted by Gasteiger charge is -2.35. The van der Waals surface area contributed by atoms with Crippen molar-refractivity contribution in [2.75, 3.05) is 20.2 Å². The van der Waals surface area contributed by atoms with Crippen molar-refractivity contribution in [1.29, 1.82) is 0 Å². The Morgan fingerprint density at radius 3 is 2.64 bits per heavy atom. The van der Waals surface area contributed by atoms with Crippen LogP contribution in [0.5, 0.6) is 11.5 Å². The molecular formula is C16H21NO5. The van der Waals surface area contributed by atoms with Crippen LogP contribution in [0.3, 0.4) is 0 Å². The van der Waals surface area contributed by atoms with E-state index in [4.69, 9.17) is 14.6 Å². The lowest BCUT2D eigenvalue weighted by molar-refractivity contribution is -0.0240. The Bertz CT molecular complexity index is 561. The van der Waals surface area contributed by atoms with E-state index in [2.05, 4.69) is 5.32 Å². The van der Waals surface area contributed by atoms with Gasteiger partial charge in [0.1, 0.15) is 6.10 Å². The quantitative estimate of drug-likeness (QED) is 0.773. The molecule has 1 heterocycles. The van der Waals surface area contributed by atoms with Gasteiger partial charge >= 0.3 is 5.97 Å². The van der Waals surface area contributed by atoms with Crippen LogP contribution in [-0.4, -0.2) is 48.6 Å². The van der Waals surface area contributed by atoms with Gasteiger partial charge in [-0.3, -0.25) is 0 Å². The van der Waals surface area contributed by atoms with Crippen molar-refractivity contribution >= 4 is 5.97 Å². The van der Waals surface area contributed by atoms with Gasteiger partial charge in [0, 0.05) is 0 Å². The van der Waals surface area contributed by atoms with Gasteiger partial charge in [-0.05, 0) is 56.0 Å². The van der Waals surface area contributed by atoms with Crippen molar-refractivity contribution < 1.29 is 24.5 Å². The Labute approximate surface area is 129 Å². The lowest BCUT2D eigenvalue weighted by atomic mass is 9.78. The minimum atomic E-state index is -1.01.